The minimum absolute atomic E-state index is 0.357. The van der Waals surface area contributed by atoms with Gasteiger partial charge in [0.1, 0.15) is 5.52 Å². The summed E-state index contributed by atoms with van der Waals surface area (Å²) in [6.45, 7) is 5.13. The molecule has 0 radical (unpaired) electrons. The van der Waals surface area contributed by atoms with Crippen LogP contribution in [0.4, 0.5) is 5.95 Å². The van der Waals surface area contributed by atoms with Crippen molar-refractivity contribution in [3.05, 3.63) is 24.3 Å². The van der Waals surface area contributed by atoms with E-state index in [1.165, 1.54) is 0 Å². The second-order valence-electron chi connectivity index (χ2n) is 4.08. The molecule has 17 heavy (non-hydrogen) atoms. The Balaban J connectivity index is 2.40. The van der Waals surface area contributed by atoms with Crippen molar-refractivity contribution in [1.29, 1.82) is 0 Å². The highest BCUT2D eigenvalue weighted by Gasteiger charge is 2.13. The zero-order chi connectivity index (χ0) is 12.3. The Kier molecular flexibility index (Phi) is 3.89. The number of nitrogens with zero attached hydrogens (tertiary/aromatic N) is 4. The van der Waals surface area contributed by atoms with E-state index in [0.29, 0.717) is 12.0 Å². The Labute approximate surface area is 109 Å². The molecule has 0 saturated carbocycles. The molecule has 0 aliphatic carbocycles. The lowest BCUT2D eigenvalue weighted by molar-refractivity contribution is 0.679. The molecule has 0 saturated heterocycles. The van der Waals surface area contributed by atoms with Crippen molar-refractivity contribution in [2.45, 2.75) is 19.9 Å². The Morgan fingerprint density at radius 2 is 1.88 bits per heavy atom. The molecule has 1 aromatic carbocycles. The van der Waals surface area contributed by atoms with Gasteiger partial charge in [-0.05, 0) is 26.0 Å². The SMILES string of the molecule is CC(C)N(CCBr)c1nnc2ccccc2n1. The van der Waals surface area contributed by atoms with E-state index in [1.54, 1.807) is 0 Å². The molecule has 0 aliphatic rings. The van der Waals surface area contributed by atoms with Crippen LogP contribution in [-0.2, 0) is 0 Å². The third kappa shape index (κ3) is 2.72. The quantitative estimate of drug-likeness (QED) is 0.813. The van der Waals surface area contributed by atoms with Crippen molar-refractivity contribution in [3.63, 3.8) is 0 Å². The van der Waals surface area contributed by atoms with Crippen LogP contribution in [0.1, 0.15) is 13.8 Å². The van der Waals surface area contributed by atoms with Gasteiger partial charge in [0.05, 0.1) is 5.52 Å². The van der Waals surface area contributed by atoms with E-state index in [0.717, 1.165) is 22.9 Å². The first kappa shape index (κ1) is 12.2. The zero-order valence-electron chi connectivity index (χ0n) is 9.97. The van der Waals surface area contributed by atoms with Gasteiger partial charge in [-0.2, -0.15) is 0 Å². The Bertz CT molecular complexity index is 501. The van der Waals surface area contributed by atoms with E-state index in [-0.39, 0.29) is 0 Å². The van der Waals surface area contributed by atoms with Crippen molar-refractivity contribution in [2.75, 3.05) is 16.8 Å². The highest BCUT2D eigenvalue weighted by Crippen LogP contribution is 2.14. The number of benzene rings is 1. The number of aromatic nitrogens is 3. The summed E-state index contributed by atoms with van der Waals surface area (Å²) in [5.74, 6) is 0.693. The van der Waals surface area contributed by atoms with Crippen LogP contribution in [0.15, 0.2) is 24.3 Å². The van der Waals surface area contributed by atoms with Gasteiger partial charge < -0.3 is 4.90 Å². The molecule has 0 bridgehead atoms. The number of para-hydroxylation sites is 1. The normalized spacial score (nSPS) is 11.1. The van der Waals surface area contributed by atoms with Crippen LogP contribution in [0.3, 0.4) is 0 Å². The fourth-order valence-electron chi connectivity index (χ4n) is 1.67. The molecule has 4 nitrogen and oxygen atoms in total. The largest absolute Gasteiger partial charge is 0.336 e. The van der Waals surface area contributed by atoms with Crippen molar-refractivity contribution in [1.82, 2.24) is 15.2 Å². The third-order valence-electron chi connectivity index (χ3n) is 2.56. The van der Waals surface area contributed by atoms with Gasteiger partial charge in [0.15, 0.2) is 0 Å². The number of alkyl halides is 1. The fourth-order valence-corrected chi connectivity index (χ4v) is 2.06. The van der Waals surface area contributed by atoms with Crippen LogP contribution in [-0.4, -0.2) is 33.1 Å². The Hall–Kier alpha value is -1.23. The molecule has 2 aromatic rings. The number of hydrogen-bond acceptors (Lipinski definition) is 4. The average Bonchev–Trinajstić information content (AvgIpc) is 2.35. The number of hydrogen-bond donors (Lipinski definition) is 0. The summed E-state index contributed by atoms with van der Waals surface area (Å²) in [7, 11) is 0. The predicted molar refractivity (Wildman–Crippen MR) is 73.6 cm³/mol. The lowest BCUT2D eigenvalue weighted by atomic mass is 10.3. The standard InChI is InChI=1S/C12H15BrN4/c1-9(2)17(8-7-13)12-14-10-5-3-4-6-11(10)15-16-12/h3-6,9H,7-8H2,1-2H3. The molecular weight excluding hydrogens is 280 g/mol. The maximum atomic E-state index is 4.55. The summed E-state index contributed by atoms with van der Waals surface area (Å²) in [5.41, 5.74) is 1.72. The molecule has 0 unspecified atom stereocenters. The monoisotopic (exact) mass is 294 g/mol. The van der Waals surface area contributed by atoms with Gasteiger partial charge in [0.25, 0.3) is 0 Å². The second-order valence-corrected chi connectivity index (χ2v) is 4.87. The van der Waals surface area contributed by atoms with Gasteiger partial charge in [-0.15, -0.1) is 10.2 Å². The highest BCUT2D eigenvalue weighted by molar-refractivity contribution is 9.09. The molecule has 0 fully saturated rings. The van der Waals surface area contributed by atoms with Crippen LogP contribution in [0.5, 0.6) is 0 Å². The van der Waals surface area contributed by atoms with Crippen molar-refractivity contribution < 1.29 is 0 Å². The molecule has 1 aromatic heterocycles. The molecule has 0 amide bonds. The van der Waals surface area contributed by atoms with Gasteiger partial charge in [0.2, 0.25) is 5.95 Å². The molecule has 90 valence electrons. The third-order valence-corrected chi connectivity index (χ3v) is 2.91. The van der Waals surface area contributed by atoms with E-state index in [9.17, 15) is 0 Å². The predicted octanol–water partition coefficient (Wildman–Crippen LogP) is 2.63. The van der Waals surface area contributed by atoms with Crippen LogP contribution >= 0.6 is 15.9 Å². The molecule has 0 atom stereocenters. The first-order valence-corrected chi connectivity index (χ1v) is 6.76. The number of fused-ring (bicyclic) bond motifs is 1. The van der Waals surface area contributed by atoms with Gasteiger partial charge in [-0.1, -0.05) is 28.1 Å². The van der Waals surface area contributed by atoms with Crippen LogP contribution in [0.2, 0.25) is 0 Å². The summed E-state index contributed by atoms with van der Waals surface area (Å²) in [5, 5.41) is 9.28. The van der Waals surface area contributed by atoms with Gasteiger partial charge in [0, 0.05) is 17.9 Å². The topological polar surface area (TPSA) is 41.9 Å². The number of halogens is 1. The van der Waals surface area contributed by atoms with Crippen molar-refractivity contribution in [3.8, 4) is 0 Å². The van der Waals surface area contributed by atoms with Crippen molar-refractivity contribution >= 4 is 32.9 Å². The summed E-state index contributed by atoms with van der Waals surface area (Å²) in [4.78, 5) is 6.68. The fraction of sp³-hybridized carbons (Fsp3) is 0.417. The maximum absolute atomic E-state index is 4.55. The molecule has 5 heteroatoms. The first-order chi connectivity index (χ1) is 8.22. The number of anilines is 1. The van der Waals surface area contributed by atoms with E-state index in [2.05, 4.69) is 49.9 Å². The molecule has 0 N–H and O–H groups in total. The Morgan fingerprint density at radius 1 is 1.18 bits per heavy atom. The lowest BCUT2D eigenvalue weighted by Crippen LogP contribution is -2.34. The van der Waals surface area contributed by atoms with Gasteiger partial charge >= 0.3 is 0 Å². The highest BCUT2D eigenvalue weighted by atomic mass is 79.9. The van der Waals surface area contributed by atoms with Crippen LogP contribution in [0.25, 0.3) is 11.0 Å². The van der Waals surface area contributed by atoms with E-state index in [1.807, 2.05) is 24.3 Å². The summed E-state index contributed by atoms with van der Waals surface area (Å²) in [6, 6.07) is 8.14. The minimum Gasteiger partial charge on any atom is -0.336 e. The Morgan fingerprint density at radius 3 is 2.53 bits per heavy atom. The molecular formula is C12H15BrN4. The van der Waals surface area contributed by atoms with Crippen LogP contribution < -0.4 is 4.90 Å². The van der Waals surface area contributed by atoms with Gasteiger partial charge in [-0.25, -0.2) is 4.98 Å². The number of rotatable bonds is 4. The second kappa shape index (κ2) is 5.40. The summed E-state index contributed by atoms with van der Waals surface area (Å²) < 4.78 is 0. The van der Waals surface area contributed by atoms with E-state index < -0.39 is 0 Å². The van der Waals surface area contributed by atoms with Crippen molar-refractivity contribution in [2.24, 2.45) is 0 Å². The zero-order valence-corrected chi connectivity index (χ0v) is 11.6. The molecule has 0 spiro atoms. The summed E-state index contributed by atoms with van der Waals surface area (Å²) in [6.07, 6.45) is 0. The lowest BCUT2D eigenvalue weighted by Gasteiger charge is -2.25. The maximum Gasteiger partial charge on any atom is 0.246 e. The molecule has 1 heterocycles. The van der Waals surface area contributed by atoms with Gasteiger partial charge in [-0.3, -0.25) is 0 Å². The average molecular weight is 295 g/mol. The molecule has 0 aliphatic heterocycles. The smallest absolute Gasteiger partial charge is 0.246 e. The van der Waals surface area contributed by atoms with E-state index >= 15 is 0 Å². The van der Waals surface area contributed by atoms with Crippen LogP contribution in [0, 0.1) is 0 Å². The summed E-state index contributed by atoms with van der Waals surface area (Å²) >= 11 is 3.45. The van der Waals surface area contributed by atoms with E-state index in [4.69, 9.17) is 0 Å². The first-order valence-electron chi connectivity index (χ1n) is 5.64. The minimum atomic E-state index is 0.357. The molecule has 2 rings (SSSR count).